The number of nitrogens with zero attached hydrogens (tertiary/aromatic N) is 2. The molecule has 5 rings (SSSR count). The lowest BCUT2D eigenvalue weighted by atomic mass is 9.71. The number of aromatic nitrogens is 2. The average Bonchev–Trinajstić information content (AvgIpc) is 3.33. The van der Waals surface area contributed by atoms with Crippen LogP contribution < -0.4 is 5.32 Å². The lowest BCUT2D eigenvalue weighted by Gasteiger charge is -2.38. The molecule has 3 aromatic carbocycles. The normalized spacial score (nSPS) is 17.1. The van der Waals surface area contributed by atoms with E-state index in [0.717, 1.165) is 25.1 Å². The molecule has 4 aromatic rings. The van der Waals surface area contributed by atoms with Gasteiger partial charge in [-0.05, 0) is 55.0 Å². The fourth-order valence-corrected chi connectivity index (χ4v) is 5.77. The number of hydrogen-bond acceptors (Lipinski definition) is 3. The number of Topliss-reactive ketones (excluding diaryl/α,β-unsaturated/α-hetero) is 1. The molecule has 1 aliphatic heterocycles. The van der Waals surface area contributed by atoms with Gasteiger partial charge in [0, 0.05) is 11.8 Å². The van der Waals surface area contributed by atoms with Gasteiger partial charge in [0.2, 0.25) is 0 Å². The van der Waals surface area contributed by atoms with Crippen molar-refractivity contribution < 1.29 is 4.79 Å². The van der Waals surface area contributed by atoms with Crippen LogP contribution in [-0.2, 0) is 11.0 Å². The largest absolute Gasteiger partial charge is 0.363 e. The third-order valence-electron chi connectivity index (χ3n) is 8.07. The van der Waals surface area contributed by atoms with Crippen molar-refractivity contribution in [1.82, 2.24) is 9.78 Å². The zero-order valence-electron chi connectivity index (χ0n) is 21.2. The molecule has 35 heavy (non-hydrogen) atoms. The minimum absolute atomic E-state index is 0.143. The fraction of sp³-hybridized carbons (Fsp3) is 0.355. The summed E-state index contributed by atoms with van der Waals surface area (Å²) in [5.41, 5.74) is 2.78. The molecule has 4 heteroatoms. The maximum Gasteiger partial charge on any atom is 0.169 e. The third kappa shape index (κ3) is 4.16. The first-order chi connectivity index (χ1) is 16.9. The molecule has 1 unspecified atom stereocenters. The van der Waals surface area contributed by atoms with Crippen LogP contribution in [0.25, 0.3) is 10.8 Å². The van der Waals surface area contributed by atoms with Crippen LogP contribution in [0.4, 0.5) is 5.82 Å². The van der Waals surface area contributed by atoms with Gasteiger partial charge >= 0.3 is 0 Å². The number of fused-ring (bicyclic) bond motifs is 2. The Morgan fingerprint density at radius 3 is 2.40 bits per heavy atom. The highest BCUT2D eigenvalue weighted by molar-refractivity contribution is 6.01. The van der Waals surface area contributed by atoms with Crippen LogP contribution in [0.2, 0.25) is 0 Å². The van der Waals surface area contributed by atoms with Gasteiger partial charge in [-0.15, -0.1) is 0 Å². The molecule has 1 aliphatic rings. The number of rotatable bonds is 7. The van der Waals surface area contributed by atoms with Crippen LogP contribution in [0.1, 0.15) is 80.9 Å². The van der Waals surface area contributed by atoms with Crippen molar-refractivity contribution in [1.29, 1.82) is 0 Å². The molecule has 1 aromatic heterocycles. The van der Waals surface area contributed by atoms with Crippen molar-refractivity contribution in [3.8, 4) is 0 Å². The Balaban J connectivity index is 1.49. The van der Waals surface area contributed by atoms with Crippen LogP contribution in [0, 0.1) is 0 Å². The molecule has 1 N–H and O–H groups in total. The number of carbonyl (C=O) groups is 1. The Morgan fingerprint density at radius 2 is 1.69 bits per heavy atom. The summed E-state index contributed by atoms with van der Waals surface area (Å²) in [6.07, 6.45) is 4.96. The Hall–Kier alpha value is -3.40. The second kappa shape index (κ2) is 8.99. The molecule has 180 valence electrons. The molecule has 2 heterocycles. The van der Waals surface area contributed by atoms with E-state index in [1.54, 1.807) is 6.20 Å². The van der Waals surface area contributed by atoms with Crippen molar-refractivity contribution >= 4 is 22.4 Å². The van der Waals surface area contributed by atoms with Crippen molar-refractivity contribution in [2.45, 2.75) is 70.4 Å². The zero-order valence-corrected chi connectivity index (χ0v) is 21.2. The van der Waals surface area contributed by atoms with Crippen molar-refractivity contribution in [3.05, 3.63) is 95.7 Å². The molecule has 0 radical (unpaired) electrons. The highest BCUT2D eigenvalue weighted by Gasteiger charge is 2.38. The number of carbonyl (C=O) groups excluding carboxylic acids is 1. The number of hydrogen-bond donors (Lipinski definition) is 1. The maximum absolute atomic E-state index is 13.9. The number of nitrogens with one attached hydrogen (secondary N) is 1. The molecule has 0 saturated heterocycles. The van der Waals surface area contributed by atoms with E-state index in [2.05, 4.69) is 105 Å². The molecule has 0 bridgehead atoms. The summed E-state index contributed by atoms with van der Waals surface area (Å²) >= 11 is 0. The predicted octanol–water partition coefficient (Wildman–Crippen LogP) is 7.66. The third-order valence-corrected chi connectivity index (χ3v) is 8.07. The first-order valence-corrected chi connectivity index (χ1v) is 12.8. The summed E-state index contributed by atoms with van der Waals surface area (Å²) in [6.45, 7) is 8.80. The van der Waals surface area contributed by atoms with E-state index in [0.29, 0.717) is 12.0 Å². The fourth-order valence-electron chi connectivity index (χ4n) is 5.77. The van der Waals surface area contributed by atoms with Crippen molar-refractivity contribution in [2.75, 3.05) is 5.32 Å². The van der Waals surface area contributed by atoms with Gasteiger partial charge in [-0.2, -0.15) is 5.10 Å². The molecule has 0 aliphatic carbocycles. The highest BCUT2D eigenvalue weighted by Crippen LogP contribution is 2.42. The Bertz CT molecular complexity index is 1350. The molecule has 0 saturated carbocycles. The first-order valence-electron chi connectivity index (χ1n) is 12.8. The highest BCUT2D eigenvalue weighted by atomic mass is 16.1. The summed E-state index contributed by atoms with van der Waals surface area (Å²) in [5, 5.41) is 10.8. The number of ketones is 1. The van der Waals surface area contributed by atoms with Crippen LogP contribution in [0.5, 0.6) is 0 Å². The van der Waals surface area contributed by atoms with Gasteiger partial charge < -0.3 is 5.32 Å². The van der Waals surface area contributed by atoms with Crippen LogP contribution in [-0.4, -0.2) is 15.6 Å². The van der Waals surface area contributed by atoms with Gasteiger partial charge in [-0.3, -0.25) is 4.79 Å². The molecule has 4 nitrogen and oxygen atoms in total. The average molecular weight is 466 g/mol. The van der Waals surface area contributed by atoms with Gasteiger partial charge in [0.25, 0.3) is 0 Å². The quantitative estimate of drug-likeness (QED) is 0.285. The summed E-state index contributed by atoms with van der Waals surface area (Å²) in [7, 11) is 0. The van der Waals surface area contributed by atoms with Gasteiger partial charge in [0.1, 0.15) is 5.82 Å². The Morgan fingerprint density at radius 1 is 1.00 bits per heavy atom. The molecule has 0 amide bonds. The second-order valence-corrected chi connectivity index (χ2v) is 10.6. The SMILES string of the molecule is CCC(CC)(CC(=O)c1cnn2c1NC(c1ccccc1)CC2(C)C)c1ccc2ccccc2c1. The first kappa shape index (κ1) is 23.3. The van der Waals surface area contributed by atoms with Gasteiger partial charge in [0.15, 0.2) is 5.78 Å². The molecular weight excluding hydrogens is 430 g/mol. The number of anilines is 1. The van der Waals surface area contributed by atoms with E-state index in [-0.39, 0.29) is 22.8 Å². The van der Waals surface area contributed by atoms with Crippen molar-refractivity contribution in [3.63, 3.8) is 0 Å². The second-order valence-electron chi connectivity index (χ2n) is 10.6. The molecule has 1 atom stereocenters. The van der Waals surface area contributed by atoms with E-state index in [4.69, 9.17) is 0 Å². The molecular formula is C31H35N3O. The van der Waals surface area contributed by atoms with Gasteiger partial charge in [-0.1, -0.05) is 86.6 Å². The summed E-state index contributed by atoms with van der Waals surface area (Å²) in [4.78, 5) is 13.9. The minimum Gasteiger partial charge on any atom is -0.363 e. The van der Waals surface area contributed by atoms with E-state index >= 15 is 0 Å². The monoisotopic (exact) mass is 465 g/mol. The lowest BCUT2D eigenvalue weighted by Crippen LogP contribution is -2.38. The summed E-state index contributed by atoms with van der Waals surface area (Å²) in [5.74, 6) is 1.000. The van der Waals surface area contributed by atoms with Crippen LogP contribution >= 0.6 is 0 Å². The predicted molar refractivity (Wildman–Crippen MR) is 144 cm³/mol. The molecule has 0 spiro atoms. The van der Waals surface area contributed by atoms with E-state index in [9.17, 15) is 4.79 Å². The smallest absolute Gasteiger partial charge is 0.169 e. The maximum atomic E-state index is 13.9. The van der Waals surface area contributed by atoms with Crippen LogP contribution in [0.3, 0.4) is 0 Å². The van der Waals surface area contributed by atoms with E-state index in [1.807, 2.05) is 10.7 Å². The Labute approximate surface area is 208 Å². The van der Waals surface area contributed by atoms with Crippen molar-refractivity contribution in [2.24, 2.45) is 0 Å². The van der Waals surface area contributed by atoms with E-state index in [1.165, 1.54) is 21.9 Å². The topological polar surface area (TPSA) is 46.9 Å². The lowest BCUT2D eigenvalue weighted by molar-refractivity contribution is 0.0944. The number of benzene rings is 3. The Kier molecular flexibility index (Phi) is 6.00. The summed E-state index contributed by atoms with van der Waals surface area (Å²) in [6, 6.07) is 25.7. The zero-order chi connectivity index (χ0) is 24.6. The van der Waals surface area contributed by atoms with Gasteiger partial charge in [0.05, 0.1) is 23.3 Å². The van der Waals surface area contributed by atoms with Gasteiger partial charge in [-0.25, -0.2) is 4.68 Å². The standard InChI is InChI=1S/C31H35N3O/c1-5-31(6-2,25-17-16-22-12-10-11-15-24(22)18-25)20-28(35)26-21-32-34-29(26)33-27(19-30(34,3)4)23-13-8-7-9-14-23/h7-18,21,27,33H,5-6,19-20H2,1-4H3. The summed E-state index contributed by atoms with van der Waals surface area (Å²) < 4.78 is 2.01. The minimum atomic E-state index is -0.209. The molecule has 0 fully saturated rings. The van der Waals surface area contributed by atoms with E-state index < -0.39 is 0 Å². The van der Waals surface area contributed by atoms with Crippen LogP contribution in [0.15, 0.2) is 79.0 Å².